The first kappa shape index (κ1) is 15.1. The maximum absolute atomic E-state index is 2.35. The third-order valence-corrected chi connectivity index (χ3v) is 4.39. The summed E-state index contributed by atoms with van der Waals surface area (Å²) < 4.78 is 0. The van der Waals surface area contributed by atoms with Gasteiger partial charge in [0.25, 0.3) is 0 Å². The smallest absolute Gasteiger partial charge is 0.000410 e. The van der Waals surface area contributed by atoms with Gasteiger partial charge in [0.15, 0.2) is 0 Å². The van der Waals surface area contributed by atoms with Gasteiger partial charge in [-0.2, -0.15) is 0 Å². The minimum atomic E-state index is 0.656. The molecule has 2 aliphatic carbocycles. The van der Waals surface area contributed by atoms with Crippen LogP contribution in [0.15, 0.2) is 59.7 Å². The summed E-state index contributed by atoms with van der Waals surface area (Å²) in [6.45, 7) is 3.47. The molecule has 3 rings (SSSR count). The summed E-state index contributed by atoms with van der Waals surface area (Å²) in [5, 5.41) is 2.73. The van der Waals surface area contributed by atoms with Gasteiger partial charge < -0.3 is 4.90 Å². The van der Waals surface area contributed by atoms with Gasteiger partial charge in [-0.1, -0.05) is 61.6 Å². The predicted molar refractivity (Wildman–Crippen MR) is 95.8 cm³/mol. The van der Waals surface area contributed by atoms with Crippen LogP contribution < -0.4 is 10.4 Å². The highest BCUT2D eigenvalue weighted by atomic mass is 15.1. The third-order valence-electron chi connectivity index (χ3n) is 4.39. The molecule has 0 amide bonds. The number of hydrogen-bond acceptors (Lipinski definition) is 1. The maximum Gasteiger partial charge on any atom is 0.000410 e. The molecule has 0 heterocycles. The van der Waals surface area contributed by atoms with Crippen molar-refractivity contribution in [2.75, 3.05) is 20.6 Å². The molecule has 22 heavy (non-hydrogen) atoms. The Hall–Kier alpha value is -1.86. The molecule has 114 valence electrons. The van der Waals surface area contributed by atoms with E-state index in [0.29, 0.717) is 5.92 Å². The molecule has 0 spiro atoms. The van der Waals surface area contributed by atoms with Gasteiger partial charge in [-0.3, -0.25) is 0 Å². The number of rotatable bonds is 4. The summed E-state index contributed by atoms with van der Waals surface area (Å²) in [6, 6.07) is 8.76. The number of benzene rings is 1. The van der Waals surface area contributed by atoms with Crippen molar-refractivity contribution >= 4 is 11.6 Å². The normalized spacial score (nSPS) is 17.9. The highest BCUT2D eigenvalue weighted by molar-refractivity contribution is 5.77. The number of allylic oxidation sites excluding steroid dienone is 6. The SMILES string of the molecule is CC(CC1=CC=c2ccccc2=C2CC=CC=C12)CN(C)C. The van der Waals surface area contributed by atoms with Crippen LogP contribution in [0.5, 0.6) is 0 Å². The number of hydrogen-bond donors (Lipinski definition) is 0. The van der Waals surface area contributed by atoms with Crippen molar-refractivity contribution < 1.29 is 0 Å². The quantitative estimate of drug-likeness (QED) is 0.824. The monoisotopic (exact) mass is 291 g/mol. The Balaban J connectivity index is 2.03. The van der Waals surface area contributed by atoms with Crippen LogP contribution in [-0.4, -0.2) is 25.5 Å². The first-order valence-electron chi connectivity index (χ1n) is 8.16. The van der Waals surface area contributed by atoms with Crippen molar-refractivity contribution in [3.05, 3.63) is 70.2 Å². The van der Waals surface area contributed by atoms with Gasteiger partial charge in [-0.15, -0.1) is 0 Å². The van der Waals surface area contributed by atoms with Crippen molar-refractivity contribution in [2.24, 2.45) is 5.92 Å². The second-order valence-corrected chi connectivity index (χ2v) is 6.71. The fourth-order valence-corrected chi connectivity index (χ4v) is 3.56. The van der Waals surface area contributed by atoms with E-state index in [0.717, 1.165) is 19.4 Å². The van der Waals surface area contributed by atoms with E-state index in [-0.39, 0.29) is 0 Å². The van der Waals surface area contributed by atoms with Gasteiger partial charge >= 0.3 is 0 Å². The Kier molecular flexibility index (Phi) is 4.44. The molecule has 1 aromatic carbocycles. The Morgan fingerprint density at radius 2 is 1.91 bits per heavy atom. The molecular weight excluding hydrogens is 266 g/mol. The first-order valence-corrected chi connectivity index (χ1v) is 8.16. The molecule has 0 N–H and O–H groups in total. The number of nitrogens with zero attached hydrogens (tertiary/aromatic N) is 1. The van der Waals surface area contributed by atoms with Gasteiger partial charge in [0, 0.05) is 6.54 Å². The number of fused-ring (bicyclic) bond motifs is 2. The molecule has 1 atom stereocenters. The van der Waals surface area contributed by atoms with Crippen LogP contribution in [-0.2, 0) is 0 Å². The zero-order valence-electron chi connectivity index (χ0n) is 13.8. The van der Waals surface area contributed by atoms with Gasteiger partial charge in [-0.25, -0.2) is 0 Å². The van der Waals surface area contributed by atoms with E-state index < -0.39 is 0 Å². The third kappa shape index (κ3) is 3.15. The van der Waals surface area contributed by atoms with Gasteiger partial charge in [0.2, 0.25) is 0 Å². The van der Waals surface area contributed by atoms with E-state index in [4.69, 9.17) is 0 Å². The summed E-state index contributed by atoms with van der Waals surface area (Å²) in [4.78, 5) is 2.28. The molecule has 0 saturated carbocycles. The summed E-state index contributed by atoms with van der Waals surface area (Å²) in [6.07, 6.45) is 13.6. The Labute approximate surface area is 133 Å². The van der Waals surface area contributed by atoms with Crippen molar-refractivity contribution in [1.82, 2.24) is 4.90 Å². The molecule has 0 fully saturated rings. The lowest BCUT2D eigenvalue weighted by molar-refractivity contribution is 0.338. The minimum Gasteiger partial charge on any atom is -0.309 e. The summed E-state index contributed by atoms with van der Waals surface area (Å²) >= 11 is 0. The molecule has 0 bridgehead atoms. The van der Waals surface area contributed by atoms with E-state index in [9.17, 15) is 0 Å². The average molecular weight is 291 g/mol. The van der Waals surface area contributed by atoms with Crippen LogP contribution in [0.3, 0.4) is 0 Å². The lowest BCUT2D eigenvalue weighted by atomic mass is 9.86. The molecule has 1 nitrogen and oxygen atoms in total. The van der Waals surface area contributed by atoms with Crippen molar-refractivity contribution in [3.63, 3.8) is 0 Å². The molecule has 1 aromatic rings. The van der Waals surface area contributed by atoms with Crippen molar-refractivity contribution in [1.29, 1.82) is 0 Å². The van der Waals surface area contributed by atoms with Gasteiger partial charge in [0.1, 0.15) is 0 Å². The zero-order valence-corrected chi connectivity index (χ0v) is 13.8. The van der Waals surface area contributed by atoms with E-state index >= 15 is 0 Å². The highest BCUT2D eigenvalue weighted by Crippen LogP contribution is 2.31. The molecule has 0 radical (unpaired) electrons. The first-order chi connectivity index (χ1) is 10.6. The summed E-state index contributed by atoms with van der Waals surface area (Å²) in [7, 11) is 4.31. The summed E-state index contributed by atoms with van der Waals surface area (Å²) in [5.41, 5.74) is 4.40. The molecular formula is C21H25N. The standard InChI is InChI=1S/C21H25N/c1-16(15-22(2)3)14-18-13-12-17-8-4-5-9-19(17)21-11-7-6-10-20(18)21/h4-10,12-13,16H,11,14-15H2,1-3H3. The van der Waals surface area contributed by atoms with Crippen molar-refractivity contribution in [3.8, 4) is 0 Å². The van der Waals surface area contributed by atoms with Crippen LogP contribution in [0.4, 0.5) is 0 Å². The van der Waals surface area contributed by atoms with Gasteiger partial charge in [0.05, 0.1) is 0 Å². The second kappa shape index (κ2) is 6.50. The lowest BCUT2D eigenvalue weighted by Crippen LogP contribution is -2.26. The van der Waals surface area contributed by atoms with E-state index in [2.05, 4.69) is 80.6 Å². The molecule has 0 saturated heterocycles. The lowest BCUT2D eigenvalue weighted by Gasteiger charge is -2.21. The highest BCUT2D eigenvalue weighted by Gasteiger charge is 2.17. The average Bonchev–Trinajstić information content (AvgIpc) is 2.65. The minimum absolute atomic E-state index is 0.656. The van der Waals surface area contributed by atoms with Crippen LogP contribution in [0.25, 0.3) is 11.6 Å². The van der Waals surface area contributed by atoms with Crippen LogP contribution in [0.2, 0.25) is 0 Å². The molecule has 0 aromatic heterocycles. The predicted octanol–water partition coefficient (Wildman–Crippen LogP) is 3.03. The summed E-state index contributed by atoms with van der Waals surface area (Å²) in [5.74, 6) is 0.656. The zero-order chi connectivity index (χ0) is 15.5. The largest absolute Gasteiger partial charge is 0.309 e. The van der Waals surface area contributed by atoms with Crippen LogP contribution in [0.1, 0.15) is 19.8 Å². The fraction of sp³-hybridized carbons (Fsp3) is 0.333. The Morgan fingerprint density at radius 3 is 2.73 bits per heavy atom. The van der Waals surface area contributed by atoms with Crippen LogP contribution >= 0.6 is 0 Å². The van der Waals surface area contributed by atoms with Crippen LogP contribution in [0, 0.1) is 5.92 Å². The molecule has 1 heteroatoms. The molecule has 2 aliphatic rings. The molecule has 1 unspecified atom stereocenters. The van der Waals surface area contributed by atoms with Crippen molar-refractivity contribution in [2.45, 2.75) is 19.8 Å². The molecule has 0 aliphatic heterocycles. The maximum atomic E-state index is 2.35. The second-order valence-electron chi connectivity index (χ2n) is 6.71. The Morgan fingerprint density at radius 1 is 1.09 bits per heavy atom. The Bertz CT molecular complexity index is 759. The van der Waals surface area contributed by atoms with E-state index in [1.807, 2.05) is 0 Å². The van der Waals surface area contributed by atoms with E-state index in [1.54, 1.807) is 0 Å². The fourth-order valence-electron chi connectivity index (χ4n) is 3.56. The topological polar surface area (TPSA) is 3.24 Å². The van der Waals surface area contributed by atoms with E-state index in [1.165, 1.54) is 27.2 Å². The van der Waals surface area contributed by atoms with Gasteiger partial charge in [-0.05, 0) is 60.0 Å².